The lowest BCUT2D eigenvalue weighted by Crippen LogP contribution is -2.51. The van der Waals surface area contributed by atoms with E-state index in [0.717, 1.165) is 28.6 Å². The summed E-state index contributed by atoms with van der Waals surface area (Å²) in [5, 5.41) is 3.44. The van der Waals surface area contributed by atoms with Crippen LogP contribution in [0.4, 0.5) is 10.1 Å². The average molecular weight is 595 g/mol. The first-order chi connectivity index (χ1) is 18.4. The average Bonchev–Trinajstić information content (AvgIpc) is 2.91. The molecule has 3 aromatic rings. The first kappa shape index (κ1) is 30.4. The minimum atomic E-state index is -4.27. The summed E-state index contributed by atoms with van der Waals surface area (Å²) in [5.41, 5.74) is 0.843. The molecule has 1 atom stereocenters. The molecule has 11 heteroatoms. The second-order valence-electron chi connectivity index (χ2n) is 9.39. The van der Waals surface area contributed by atoms with Gasteiger partial charge in [0.1, 0.15) is 18.4 Å². The van der Waals surface area contributed by atoms with Gasteiger partial charge in [-0.2, -0.15) is 0 Å². The quantitative estimate of drug-likeness (QED) is 0.317. The molecule has 0 aliphatic rings. The van der Waals surface area contributed by atoms with Crippen molar-refractivity contribution in [1.82, 2.24) is 10.2 Å². The van der Waals surface area contributed by atoms with Gasteiger partial charge in [0.2, 0.25) is 11.8 Å². The lowest BCUT2D eigenvalue weighted by Gasteiger charge is -2.32. The molecule has 0 aliphatic carbocycles. The molecule has 0 spiro atoms. The molecular formula is C28H30Cl2FN3O4S. The first-order valence-corrected chi connectivity index (χ1v) is 14.4. The number of anilines is 1. The van der Waals surface area contributed by atoms with Crippen molar-refractivity contribution in [2.75, 3.05) is 17.4 Å². The molecule has 0 heterocycles. The number of carbonyl (C=O) groups excluding carboxylic acids is 2. The van der Waals surface area contributed by atoms with Crippen LogP contribution in [0.25, 0.3) is 0 Å². The van der Waals surface area contributed by atoms with Crippen LogP contribution in [0.1, 0.15) is 26.3 Å². The lowest BCUT2D eigenvalue weighted by atomic mass is 10.1. The fourth-order valence-electron chi connectivity index (χ4n) is 3.73. The van der Waals surface area contributed by atoms with E-state index < -0.39 is 34.3 Å². The van der Waals surface area contributed by atoms with Crippen molar-refractivity contribution in [2.24, 2.45) is 5.92 Å². The number of hydrogen-bond donors (Lipinski definition) is 1. The number of nitrogens with one attached hydrogen (secondary N) is 1. The fourth-order valence-corrected chi connectivity index (χ4v) is 5.46. The molecule has 0 fully saturated rings. The third-order valence-corrected chi connectivity index (χ3v) is 8.44. The number of halogens is 3. The van der Waals surface area contributed by atoms with Crippen LogP contribution in [0.2, 0.25) is 10.0 Å². The van der Waals surface area contributed by atoms with Crippen LogP contribution in [0.15, 0.2) is 77.7 Å². The topological polar surface area (TPSA) is 86.8 Å². The predicted molar refractivity (Wildman–Crippen MR) is 152 cm³/mol. The third kappa shape index (κ3) is 7.94. The summed E-state index contributed by atoms with van der Waals surface area (Å²) in [7, 11) is -4.27. The van der Waals surface area contributed by atoms with E-state index in [9.17, 15) is 22.4 Å². The number of nitrogens with zero attached hydrogens (tertiary/aromatic N) is 2. The van der Waals surface area contributed by atoms with Crippen LogP contribution >= 0.6 is 23.2 Å². The molecule has 7 nitrogen and oxygen atoms in total. The zero-order valence-electron chi connectivity index (χ0n) is 21.8. The number of amides is 2. The molecule has 2 amide bonds. The number of para-hydroxylation sites is 1. The smallest absolute Gasteiger partial charge is 0.264 e. The van der Waals surface area contributed by atoms with Gasteiger partial charge < -0.3 is 10.2 Å². The van der Waals surface area contributed by atoms with Crippen molar-refractivity contribution >= 4 is 50.7 Å². The highest BCUT2D eigenvalue weighted by molar-refractivity contribution is 7.92. The Balaban J connectivity index is 2.00. The summed E-state index contributed by atoms with van der Waals surface area (Å²) in [5.74, 6) is -1.41. The summed E-state index contributed by atoms with van der Waals surface area (Å²) in [4.78, 5) is 27.9. The largest absolute Gasteiger partial charge is 0.354 e. The van der Waals surface area contributed by atoms with E-state index in [0.29, 0.717) is 17.1 Å². The Labute approximate surface area is 238 Å². The highest BCUT2D eigenvalue weighted by atomic mass is 35.5. The highest BCUT2D eigenvalue weighted by Crippen LogP contribution is 2.26. The zero-order chi connectivity index (χ0) is 28.7. The maximum absolute atomic E-state index is 13.8. The van der Waals surface area contributed by atoms with E-state index in [1.165, 1.54) is 4.90 Å². The second kappa shape index (κ2) is 13.3. The molecule has 0 unspecified atom stereocenters. The number of rotatable bonds is 11. The summed E-state index contributed by atoms with van der Waals surface area (Å²) in [6.07, 6.45) is 0. The summed E-state index contributed by atoms with van der Waals surface area (Å²) < 4.78 is 41.8. The minimum absolute atomic E-state index is 0.0226. The van der Waals surface area contributed by atoms with Crippen molar-refractivity contribution in [3.63, 3.8) is 0 Å². The Morgan fingerprint density at radius 1 is 0.923 bits per heavy atom. The molecule has 1 N–H and O–H groups in total. The second-order valence-corrected chi connectivity index (χ2v) is 12.1. The van der Waals surface area contributed by atoms with Gasteiger partial charge in [0.15, 0.2) is 0 Å². The zero-order valence-corrected chi connectivity index (χ0v) is 24.1. The lowest BCUT2D eigenvalue weighted by molar-refractivity contribution is -0.139. The van der Waals surface area contributed by atoms with E-state index in [-0.39, 0.29) is 34.0 Å². The van der Waals surface area contributed by atoms with Gasteiger partial charge in [-0.25, -0.2) is 12.8 Å². The van der Waals surface area contributed by atoms with Crippen molar-refractivity contribution < 1.29 is 22.4 Å². The molecule has 0 radical (unpaired) electrons. The van der Waals surface area contributed by atoms with Gasteiger partial charge in [-0.05, 0) is 66.9 Å². The van der Waals surface area contributed by atoms with Gasteiger partial charge in [-0.3, -0.25) is 13.9 Å². The molecule has 0 aliphatic heterocycles. The maximum Gasteiger partial charge on any atom is 0.264 e. The fraction of sp³-hybridized carbons (Fsp3) is 0.286. The first-order valence-electron chi connectivity index (χ1n) is 12.2. The van der Waals surface area contributed by atoms with E-state index in [4.69, 9.17) is 23.2 Å². The Kier molecular flexibility index (Phi) is 10.4. The third-order valence-electron chi connectivity index (χ3n) is 5.91. The molecule has 0 aromatic heterocycles. The number of benzene rings is 3. The normalized spacial score (nSPS) is 12.2. The Hall–Kier alpha value is -3.14. The van der Waals surface area contributed by atoms with Crippen LogP contribution in [0, 0.1) is 11.7 Å². The predicted octanol–water partition coefficient (Wildman–Crippen LogP) is 5.52. The Morgan fingerprint density at radius 3 is 2.15 bits per heavy atom. The van der Waals surface area contributed by atoms with E-state index in [1.54, 1.807) is 55.5 Å². The number of sulfonamides is 1. The van der Waals surface area contributed by atoms with Gasteiger partial charge in [0.05, 0.1) is 20.6 Å². The monoisotopic (exact) mass is 593 g/mol. The van der Waals surface area contributed by atoms with Crippen molar-refractivity contribution in [1.29, 1.82) is 0 Å². The molecule has 208 valence electrons. The van der Waals surface area contributed by atoms with E-state index >= 15 is 0 Å². The van der Waals surface area contributed by atoms with Crippen molar-refractivity contribution in [3.05, 3.63) is 94.2 Å². The van der Waals surface area contributed by atoms with E-state index in [1.807, 2.05) is 13.8 Å². The SMILES string of the molecule is CC(C)CNC(=O)[C@H](C)N(Cc1ccc(Cl)c(Cl)c1)C(=O)CN(c1ccccc1)S(=O)(=O)c1ccc(F)cc1. The molecule has 39 heavy (non-hydrogen) atoms. The van der Waals surface area contributed by atoms with Crippen molar-refractivity contribution in [2.45, 2.75) is 38.3 Å². The number of hydrogen-bond acceptors (Lipinski definition) is 4. The van der Waals surface area contributed by atoms with Crippen molar-refractivity contribution in [3.8, 4) is 0 Å². The summed E-state index contributed by atoms with van der Waals surface area (Å²) in [6, 6.07) is 16.4. The van der Waals surface area contributed by atoms with Crippen LogP contribution < -0.4 is 9.62 Å². The van der Waals surface area contributed by atoms with Crippen LogP contribution in [0.3, 0.4) is 0 Å². The minimum Gasteiger partial charge on any atom is -0.354 e. The maximum atomic E-state index is 13.8. The molecule has 0 bridgehead atoms. The number of carbonyl (C=O) groups is 2. The van der Waals surface area contributed by atoms with Gasteiger partial charge in [0.25, 0.3) is 10.0 Å². The molecular weight excluding hydrogens is 564 g/mol. The van der Waals surface area contributed by atoms with Crippen LogP contribution in [-0.2, 0) is 26.2 Å². The van der Waals surface area contributed by atoms with Crippen LogP contribution in [0.5, 0.6) is 0 Å². The van der Waals surface area contributed by atoms with Gasteiger partial charge in [0, 0.05) is 13.1 Å². The van der Waals surface area contributed by atoms with Gasteiger partial charge >= 0.3 is 0 Å². The van der Waals surface area contributed by atoms with Gasteiger partial charge in [-0.15, -0.1) is 0 Å². The summed E-state index contributed by atoms with van der Waals surface area (Å²) >= 11 is 12.2. The highest BCUT2D eigenvalue weighted by Gasteiger charge is 2.32. The molecule has 0 saturated carbocycles. The summed E-state index contributed by atoms with van der Waals surface area (Å²) in [6.45, 7) is 5.25. The molecule has 0 saturated heterocycles. The van der Waals surface area contributed by atoms with E-state index in [2.05, 4.69) is 5.32 Å². The van der Waals surface area contributed by atoms with Crippen LogP contribution in [-0.4, -0.2) is 44.3 Å². The standard InChI is InChI=1S/C28H30Cl2FN3O4S/c1-19(2)16-32-28(36)20(3)33(17-21-9-14-25(29)26(30)15-21)27(35)18-34(23-7-5-4-6-8-23)39(37,38)24-12-10-22(31)11-13-24/h4-15,19-20H,16-18H2,1-3H3,(H,32,36)/t20-/m0/s1. The Morgan fingerprint density at radius 2 is 1.56 bits per heavy atom. The Bertz CT molecular complexity index is 1400. The molecule has 3 aromatic carbocycles. The molecule has 3 rings (SSSR count). The van der Waals surface area contributed by atoms with Gasteiger partial charge in [-0.1, -0.05) is 61.3 Å².